The second kappa shape index (κ2) is 8.01. The molecular weight excluding hydrogens is 395 g/mol. The van der Waals surface area contributed by atoms with Crippen molar-refractivity contribution in [3.8, 4) is 6.07 Å². The van der Waals surface area contributed by atoms with Crippen LogP contribution >= 0.6 is 0 Å². The van der Waals surface area contributed by atoms with Gasteiger partial charge in [0.15, 0.2) is 6.29 Å². The van der Waals surface area contributed by atoms with E-state index in [1.807, 2.05) is 0 Å². The van der Waals surface area contributed by atoms with Gasteiger partial charge >= 0.3 is 6.18 Å². The molecular formula is C20H22F3N7. The van der Waals surface area contributed by atoms with Gasteiger partial charge in [0.2, 0.25) is 0 Å². The average Bonchev–Trinajstić information content (AvgIpc) is 3.17. The number of piperidine rings is 1. The summed E-state index contributed by atoms with van der Waals surface area (Å²) in [5.74, 6) is 0. The fourth-order valence-electron chi connectivity index (χ4n) is 3.94. The van der Waals surface area contributed by atoms with E-state index in [1.54, 1.807) is 19.2 Å². The zero-order valence-corrected chi connectivity index (χ0v) is 16.3. The summed E-state index contributed by atoms with van der Waals surface area (Å²) in [5.41, 5.74) is 0.870. The summed E-state index contributed by atoms with van der Waals surface area (Å²) in [6.07, 6.45) is -0.943. The molecule has 2 unspecified atom stereocenters. The van der Waals surface area contributed by atoms with Gasteiger partial charge in [0.1, 0.15) is 6.07 Å². The van der Waals surface area contributed by atoms with E-state index in [-0.39, 0.29) is 11.7 Å². The van der Waals surface area contributed by atoms with E-state index in [4.69, 9.17) is 0 Å². The lowest BCUT2D eigenvalue weighted by atomic mass is 10.0. The zero-order valence-electron chi connectivity index (χ0n) is 16.3. The van der Waals surface area contributed by atoms with E-state index in [0.29, 0.717) is 27.7 Å². The van der Waals surface area contributed by atoms with Gasteiger partial charge < -0.3 is 20.9 Å². The number of H-pyrrole nitrogens is 1. The lowest BCUT2D eigenvalue weighted by Gasteiger charge is -2.31. The van der Waals surface area contributed by atoms with Gasteiger partial charge in [0, 0.05) is 43.0 Å². The second-order valence-electron chi connectivity index (χ2n) is 7.30. The minimum absolute atomic E-state index is 0.0638. The number of alkyl halides is 3. The summed E-state index contributed by atoms with van der Waals surface area (Å²) in [4.78, 5) is 7.02. The predicted molar refractivity (Wildman–Crippen MR) is 110 cm³/mol. The maximum atomic E-state index is 13.7. The van der Waals surface area contributed by atoms with Crippen LogP contribution in [0, 0.1) is 11.3 Å². The van der Waals surface area contributed by atoms with Gasteiger partial charge in [-0.1, -0.05) is 6.07 Å². The molecule has 1 fully saturated rings. The fraction of sp³-hybridized carbons (Fsp3) is 0.400. The van der Waals surface area contributed by atoms with Crippen molar-refractivity contribution >= 4 is 28.5 Å². The van der Waals surface area contributed by atoms with Crippen LogP contribution in [0.1, 0.15) is 24.0 Å². The Hall–Kier alpha value is -3.03. The van der Waals surface area contributed by atoms with Crippen LogP contribution in [0.2, 0.25) is 0 Å². The second-order valence-corrected chi connectivity index (χ2v) is 7.30. The number of hydrogen-bond donors (Lipinski definition) is 5. The van der Waals surface area contributed by atoms with Crippen molar-refractivity contribution in [3.63, 3.8) is 0 Å². The first-order valence-electron chi connectivity index (χ1n) is 9.72. The number of halogens is 3. The molecule has 10 heteroatoms. The van der Waals surface area contributed by atoms with E-state index in [9.17, 15) is 18.4 Å². The van der Waals surface area contributed by atoms with Gasteiger partial charge in [-0.3, -0.25) is 10.3 Å². The molecule has 0 saturated carbocycles. The highest BCUT2D eigenvalue weighted by Gasteiger charge is 2.39. The number of aromatic amines is 1. The summed E-state index contributed by atoms with van der Waals surface area (Å²) in [6, 6.07) is 5.62. The molecule has 3 heterocycles. The van der Waals surface area contributed by atoms with E-state index in [0.717, 1.165) is 32.1 Å². The third-order valence-electron chi connectivity index (χ3n) is 5.41. The third kappa shape index (κ3) is 3.74. The quantitative estimate of drug-likeness (QED) is 0.527. The van der Waals surface area contributed by atoms with Crippen LogP contribution in [-0.2, 0) is 0 Å². The number of rotatable bonds is 4. The molecule has 1 saturated heterocycles. The van der Waals surface area contributed by atoms with Crippen molar-refractivity contribution in [1.82, 2.24) is 20.9 Å². The van der Waals surface area contributed by atoms with Crippen LogP contribution in [0.4, 0.5) is 18.9 Å². The first-order valence-corrected chi connectivity index (χ1v) is 9.72. The largest absolute Gasteiger partial charge is 0.419 e. The predicted octanol–water partition coefficient (Wildman–Crippen LogP) is 2.65. The van der Waals surface area contributed by atoms with Crippen LogP contribution in [0.5, 0.6) is 0 Å². The molecule has 1 aromatic heterocycles. The van der Waals surface area contributed by atoms with Gasteiger partial charge in [-0.25, -0.2) is 0 Å². The summed E-state index contributed by atoms with van der Waals surface area (Å²) >= 11 is 0. The van der Waals surface area contributed by atoms with Crippen molar-refractivity contribution in [2.24, 2.45) is 4.99 Å². The standard InChI is InChI=1S/C20H22F3N7/c1-25-16-5-4-12-14(9-27-17(12)13(16)7-24)18-15(20(21,22)23)10-28-19(30-18)29-11-3-2-6-26-8-11/h4-5,9-11,19,25-27,29-30H,2-3,6,8H2,1H3. The molecule has 0 spiro atoms. The topological polar surface area (TPSA) is 100 Å². The lowest BCUT2D eigenvalue weighted by Crippen LogP contribution is -2.52. The molecule has 0 aliphatic carbocycles. The number of hydrogen-bond acceptors (Lipinski definition) is 6. The van der Waals surface area contributed by atoms with Crippen LogP contribution < -0.4 is 21.3 Å². The van der Waals surface area contributed by atoms with Crippen molar-refractivity contribution < 1.29 is 13.2 Å². The Morgan fingerprint density at radius 2 is 2.13 bits per heavy atom. The first-order chi connectivity index (χ1) is 14.4. The summed E-state index contributed by atoms with van der Waals surface area (Å²) < 4.78 is 41.2. The third-order valence-corrected chi connectivity index (χ3v) is 5.41. The van der Waals surface area contributed by atoms with E-state index in [1.165, 1.54) is 6.20 Å². The van der Waals surface area contributed by atoms with Gasteiger partial charge in [0.25, 0.3) is 0 Å². The molecule has 7 nitrogen and oxygen atoms in total. The Kier molecular flexibility index (Phi) is 5.40. The Balaban J connectivity index is 1.74. The summed E-state index contributed by atoms with van der Waals surface area (Å²) in [6.45, 7) is 1.68. The minimum atomic E-state index is -4.57. The van der Waals surface area contributed by atoms with E-state index < -0.39 is 18.0 Å². The van der Waals surface area contributed by atoms with E-state index >= 15 is 0 Å². The van der Waals surface area contributed by atoms with Crippen LogP contribution in [0.25, 0.3) is 16.6 Å². The molecule has 30 heavy (non-hydrogen) atoms. The molecule has 4 rings (SSSR count). The Morgan fingerprint density at radius 1 is 1.30 bits per heavy atom. The van der Waals surface area contributed by atoms with Crippen LogP contribution in [0.3, 0.4) is 0 Å². The molecule has 2 atom stereocenters. The fourth-order valence-corrected chi connectivity index (χ4v) is 3.94. The molecule has 1 aromatic carbocycles. The van der Waals surface area contributed by atoms with Gasteiger partial charge in [-0.15, -0.1) is 0 Å². The number of anilines is 1. The highest BCUT2D eigenvalue weighted by Crippen LogP contribution is 2.36. The average molecular weight is 417 g/mol. The number of nitriles is 1. The van der Waals surface area contributed by atoms with Crippen LogP contribution in [-0.4, -0.2) is 49.8 Å². The number of benzene rings is 1. The molecule has 0 radical (unpaired) electrons. The van der Waals surface area contributed by atoms with Gasteiger partial charge in [-0.2, -0.15) is 18.4 Å². The monoisotopic (exact) mass is 417 g/mol. The highest BCUT2D eigenvalue weighted by molar-refractivity contribution is 6.03. The Morgan fingerprint density at radius 3 is 2.80 bits per heavy atom. The highest BCUT2D eigenvalue weighted by atomic mass is 19.4. The normalized spacial score (nSPS) is 22.1. The number of fused-ring (bicyclic) bond motifs is 1. The summed E-state index contributed by atoms with van der Waals surface area (Å²) in [7, 11) is 1.69. The maximum absolute atomic E-state index is 13.7. The summed E-state index contributed by atoms with van der Waals surface area (Å²) in [5, 5.41) is 22.4. The number of nitrogens with one attached hydrogen (secondary N) is 5. The number of aliphatic imine (C=N–C) groups is 1. The van der Waals surface area contributed by atoms with Gasteiger partial charge in [-0.05, 0) is 25.5 Å². The minimum Gasteiger partial charge on any atom is -0.387 e. The van der Waals surface area contributed by atoms with E-state index in [2.05, 4.69) is 37.3 Å². The van der Waals surface area contributed by atoms with Crippen molar-refractivity contribution in [3.05, 3.63) is 35.0 Å². The molecule has 0 bridgehead atoms. The maximum Gasteiger partial charge on any atom is 0.419 e. The van der Waals surface area contributed by atoms with Crippen LogP contribution in [0.15, 0.2) is 28.9 Å². The van der Waals surface area contributed by atoms with Gasteiger partial charge in [0.05, 0.1) is 28.0 Å². The Labute approximate surface area is 171 Å². The molecule has 158 valence electrons. The first kappa shape index (κ1) is 20.3. The lowest BCUT2D eigenvalue weighted by molar-refractivity contribution is -0.0855. The molecule has 2 aliphatic rings. The number of aromatic nitrogens is 1. The smallest absolute Gasteiger partial charge is 0.387 e. The zero-order chi connectivity index (χ0) is 21.3. The van der Waals surface area contributed by atoms with Crippen molar-refractivity contribution in [1.29, 1.82) is 5.26 Å². The molecule has 2 aliphatic heterocycles. The molecule has 2 aromatic rings. The van der Waals surface area contributed by atoms with Crippen molar-refractivity contribution in [2.75, 3.05) is 25.5 Å². The SMILES string of the molecule is CNc1ccc2c(C3=C(C(F)(F)F)C=NC(NC4CCCNC4)N3)c[nH]c2c1C#N. The number of allylic oxidation sites excluding steroid dienone is 1. The Bertz CT molecular complexity index is 1040. The molecule has 0 amide bonds. The van der Waals surface area contributed by atoms with Crippen molar-refractivity contribution in [2.45, 2.75) is 31.3 Å². The number of nitrogens with zero attached hydrogens (tertiary/aromatic N) is 2. The molecule has 5 N–H and O–H groups in total.